The quantitative estimate of drug-likeness (QED) is 0.864. The van der Waals surface area contributed by atoms with E-state index in [9.17, 15) is 8.42 Å². The zero-order valence-electron chi connectivity index (χ0n) is 13.7. The lowest BCUT2D eigenvalue weighted by Crippen LogP contribution is -2.30. The third kappa shape index (κ3) is 3.75. The van der Waals surface area contributed by atoms with Gasteiger partial charge in [0, 0.05) is 32.0 Å². The maximum Gasteiger partial charge on any atom is 0.243 e. The normalized spacial score (nSPS) is 13.5. The van der Waals surface area contributed by atoms with Crippen molar-refractivity contribution in [2.45, 2.75) is 39.1 Å². The second-order valence-electron chi connectivity index (χ2n) is 5.82. The minimum atomic E-state index is -3.53. The van der Waals surface area contributed by atoms with E-state index in [1.165, 1.54) is 10.9 Å². The molecule has 1 atom stereocenters. The lowest BCUT2D eigenvalue weighted by atomic mass is 10.2. The number of nitrogens with zero attached hydrogens (tertiary/aromatic N) is 4. The molecule has 0 aliphatic heterocycles. The maximum absolute atomic E-state index is 12.3. The summed E-state index contributed by atoms with van der Waals surface area (Å²) in [6.45, 7) is 8.66. The molecule has 0 saturated heterocycles. The number of aromatic nitrogens is 4. The zero-order valence-corrected chi connectivity index (χ0v) is 14.5. The Morgan fingerprint density at radius 1 is 1.27 bits per heavy atom. The lowest BCUT2D eigenvalue weighted by Gasteiger charge is -2.14. The molecule has 0 fully saturated rings. The van der Waals surface area contributed by atoms with Crippen LogP contribution in [0.1, 0.15) is 24.0 Å². The van der Waals surface area contributed by atoms with Gasteiger partial charge in [0.05, 0.1) is 11.4 Å². The smallest absolute Gasteiger partial charge is 0.243 e. The fraction of sp³-hybridized carbons (Fsp3) is 0.571. The van der Waals surface area contributed by atoms with Crippen LogP contribution in [-0.4, -0.2) is 34.5 Å². The van der Waals surface area contributed by atoms with E-state index in [-0.39, 0.29) is 10.8 Å². The Morgan fingerprint density at radius 3 is 2.45 bits per heavy atom. The Balaban J connectivity index is 2.00. The summed E-state index contributed by atoms with van der Waals surface area (Å²) in [5.74, 6) is 0.129. The molecule has 0 radical (unpaired) electrons. The highest BCUT2D eigenvalue weighted by Gasteiger charge is 2.20. The van der Waals surface area contributed by atoms with Gasteiger partial charge in [-0.2, -0.15) is 10.2 Å². The Labute approximate surface area is 131 Å². The molecule has 0 aliphatic carbocycles. The van der Waals surface area contributed by atoms with Crippen LogP contribution in [0.15, 0.2) is 17.2 Å². The maximum atomic E-state index is 12.3. The molecule has 2 heterocycles. The van der Waals surface area contributed by atoms with Crippen LogP contribution >= 0.6 is 0 Å². The van der Waals surface area contributed by atoms with Gasteiger partial charge in [0.25, 0.3) is 0 Å². The number of rotatable bonds is 6. The van der Waals surface area contributed by atoms with E-state index in [1.807, 2.05) is 31.5 Å². The first-order valence-electron chi connectivity index (χ1n) is 7.20. The van der Waals surface area contributed by atoms with Gasteiger partial charge in [-0.3, -0.25) is 9.36 Å². The standard InChI is InChI=1S/C14H23N5O2S/c1-10(8-19-12(3)6-11(2)16-19)7-15-22(20,21)14-9-18(5)17-13(14)4/h6,9-10,15H,7-8H2,1-5H3. The predicted molar refractivity (Wildman–Crippen MR) is 84.0 cm³/mol. The molecule has 7 nitrogen and oxygen atoms in total. The van der Waals surface area contributed by atoms with E-state index in [0.29, 0.717) is 18.8 Å². The lowest BCUT2D eigenvalue weighted by molar-refractivity contribution is 0.436. The molecular formula is C14H23N5O2S. The topological polar surface area (TPSA) is 81.8 Å². The average Bonchev–Trinajstić information content (AvgIpc) is 2.90. The van der Waals surface area contributed by atoms with E-state index in [4.69, 9.17) is 0 Å². The van der Waals surface area contributed by atoms with Crippen molar-refractivity contribution < 1.29 is 8.42 Å². The largest absolute Gasteiger partial charge is 0.274 e. The molecule has 0 aliphatic rings. The number of aryl methyl sites for hydroxylation is 4. The molecule has 2 rings (SSSR count). The summed E-state index contributed by atoms with van der Waals surface area (Å²) in [6.07, 6.45) is 1.52. The molecule has 122 valence electrons. The third-order valence-electron chi connectivity index (χ3n) is 3.47. The fourth-order valence-corrected chi connectivity index (χ4v) is 3.77. The van der Waals surface area contributed by atoms with Crippen molar-refractivity contribution >= 4 is 10.0 Å². The number of hydrogen-bond donors (Lipinski definition) is 1. The van der Waals surface area contributed by atoms with Gasteiger partial charge in [-0.05, 0) is 32.8 Å². The first-order chi connectivity index (χ1) is 10.2. The van der Waals surface area contributed by atoms with Crippen LogP contribution in [0.2, 0.25) is 0 Å². The molecule has 0 bridgehead atoms. The van der Waals surface area contributed by atoms with Crippen LogP contribution in [0.5, 0.6) is 0 Å². The zero-order chi connectivity index (χ0) is 16.5. The van der Waals surface area contributed by atoms with E-state index in [2.05, 4.69) is 14.9 Å². The van der Waals surface area contributed by atoms with Crippen LogP contribution in [0.3, 0.4) is 0 Å². The Morgan fingerprint density at radius 2 is 1.95 bits per heavy atom. The monoisotopic (exact) mass is 325 g/mol. The second-order valence-corrected chi connectivity index (χ2v) is 7.55. The van der Waals surface area contributed by atoms with Crippen molar-refractivity contribution in [1.29, 1.82) is 0 Å². The van der Waals surface area contributed by atoms with E-state index >= 15 is 0 Å². The highest BCUT2D eigenvalue weighted by atomic mass is 32.2. The highest BCUT2D eigenvalue weighted by Crippen LogP contribution is 2.13. The molecule has 1 unspecified atom stereocenters. The molecular weight excluding hydrogens is 302 g/mol. The van der Waals surface area contributed by atoms with Crippen molar-refractivity contribution in [1.82, 2.24) is 24.3 Å². The van der Waals surface area contributed by atoms with Gasteiger partial charge in [-0.25, -0.2) is 13.1 Å². The highest BCUT2D eigenvalue weighted by molar-refractivity contribution is 7.89. The molecule has 22 heavy (non-hydrogen) atoms. The minimum absolute atomic E-state index is 0.129. The van der Waals surface area contributed by atoms with Crippen LogP contribution in [0.4, 0.5) is 0 Å². The summed E-state index contributed by atoms with van der Waals surface area (Å²) < 4.78 is 30.7. The molecule has 0 amide bonds. The van der Waals surface area contributed by atoms with Gasteiger partial charge in [0.1, 0.15) is 4.90 Å². The molecule has 1 N–H and O–H groups in total. The van der Waals surface area contributed by atoms with Crippen LogP contribution in [0.25, 0.3) is 0 Å². The summed E-state index contributed by atoms with van der Waals surface area (Å²) in [5, 5.41) is 8.47. The number of nitrogens with one attached hydrogen (secondary N) is 1. The van der Waals surface area contributed by atoms with E-state index < -0.39 is 10.0 Å². The van der Waals surface area contributed by atoms with Crippen LogP contribution < -0.4 is 4.72 Å². The van der Waals surface area contributed by atoms with Crippen molar-refractivity contribution in [3.63, 3.8) is 0 Å². The summed E-state index contributed by atoms with van der Waals surface area (Å²) in [7, 11) is -1.82. The summed E-state index contributed by atoms with van der Waals surface area (Å²) in [4.78, 5) is 0.230. The summed E-state index contributed by atoms with van der Waals surface area (Å²) in [5.41, 5.74) is 2.55. The van der Waals surface area contributed by atoms with Gasteiger partial charge in [-0.1, -0.05) is 6.92 Å². The molecule has 2 aromatic rings. The van der Waals surface area contributed by atoms with Crippen molar-refractivity contribution in [2.24, 2.45) is 13.0 Å². The van der Waals surface area contributed by atoms with Crippen LogP contribution in [-0.2, 0) is 23.6 Å². The van der Waals surface area contributed by atoms with Gasteiger partial charge >= 0.3 is 0 Å². The minimum Gasteiger partial charge on any atom is -0.274 e. The Hall–Kier alpha value is -1.67. The van der Waals surface area contributed by atoms with Crippen molar-refractivity contribution in [3.05, 3.63) is 29.3 Å². The van der Waals surface area contributed by atoms with Crippen LogP contribution in [0, 0.1) is 26.7 Å². The molecule has 8 heteroatoms. The Bertz CT molecular complexity index is 760. The molecule has 2 aromatic heterocycles. The molecule has 0 aromatic carbocycles. The average molecular weight is 325 g/mol. The second kappa shape index (κ2) is 6.21. The number of hydrogen-bond acceptors (Lipinski definition) is 4. The van der Waals surface area contributed by atoms with E-state index in [1.54, 1.807) is 14.0 Å². The molecule has 0 spiro atoms. The van der Waals surface area contributed by atoms with Crippen molar-refractivity contribution in [2.75, 3.05) is 6.54 Å². The first kappa shape index (κ1) is 16.7. The van der Waals surface area contributed by atoms with Gasteiger partial charge in [-0.15, -0.1) is 0 Å². The summed E-state index contributed by atoms with van der Waals surface area (Å²) in [6, 6.07) is 2.01. The van der Waals surface area contributed by atoms with E-state index in [0.717, 1.165) is 11.4 Å². The molecule has 0 saturated carbocycles. The van der Waals surface area contributed by atoms with Crippen molar-refractivity contribution in [3.8, 4) is 0 Å². The number of sulfonamides is 1. The van der Waals surface area contributed by atoms with Gasteiger partial charge < -0.3 is 0 Å². The SMILES string of the molecule is Cc1cc(C)n(CC(C)CNS(=O)(=O)c2cn(C)nc2C)n1. The Kier molecular flexibility index (Phi) is 4.72. The first-order valence-corrected chi connectivity index (χ1v) is 8.68. The van der Waals surface area contributed by atoms with Gasteiger partial charge in [0.2, 0.25) is 10.0 Å². The summed E-state index contributed by atoms with van der Waals surface area (Å²) >= 11 is 0. The third-order valence-corrected chi connectivity index (χ3v) is 4.99. The fourth-order valence-electron chi connectivity index (χ4n) is 2.39. The van der Waals surface area contributed by atoms with Gasteiger partial charge in [0.15, 0.2) is 0 Å². The predicted octanol–water partition coefficient (Wildman–Crippen LogP) is 1.16.